The molecule has 1 aromatic carbocycles. The lowest BCUT2D eigenvalue weighted by Crippen LogP contribution is -2.40. The van der Waals surface area contributed by atoms with Crippen LogP contribution in [-0.4, -0.2) is 13.1 Å². The van der Waals surface area contributed by atoms with E-state index in [1.54, 1.807) is 0 Å². The molecular weight excluding hydrogens is 286 g/mol. The van der Waals surface area contributed by atoms with E-state index in [1.165, 1.54) is 23.2 Å². The highest BCUT2D eigenvalue weighted by Crippen LogP contribution is 2.46. The zero-order valence-electron chi connectivity index (χ0n) is 14.1. The molecule has 0 N–H and O–H groups in total. The Bertz CT molecular complexity index is 873. The Morgan fingerprint density at radius 1 is 1.26 bits per heavy atom. The molecule has 0 saturated carbocycles. The molecule has 2 aromatic rings. The normalized spacial score (nSPS) is 19.3. The number of anilines is 1. The molecule has 0 amide bonds. The lowest BCUT2D eigenvalue weighted by Gasteiger charge is -2.43. The highest BCUT2D eigenvalue weighted by Gasteiger charge is 2.35. The molecule has 2 aliphatic rings. The topological polar surface area (TPSA) is 33.5 Å². The van der Waals surface area contributed by atoms with E-state index in [0.29, 0.717) is 5.56 Å². The Kier molecular flexibility index (Phi) is 3.15. The Labute approximate surface area is 136 Å². The molecule has 0 unspecified atom stereocenters. The van der Waals surface area contributed by atoms with Gasteiger partial charge in [0.2, 0.25) is 0 Å². The van der Waals surface area contributed by atoms with E-state index in [4.69, 9.17) is 4.42 Å². The van der Waals surface area contributed by atoms with Gasteiger partial charge in [-0.3, -0.25) is 0 Å². The lowest BCUT2D eigenvalue weighted by molar-refractivity contribution is 0.444. The first-order valence-electron chi connectivity index (χ1n) is 8.53. The van der Waals surface area contributed by atoms with E-state index in [2.05, 4.69) is 24.8 Å². The van der Waals surface area contributed by atoms with Gasteiger partial charge in [-0.05, 0) is 49.3 Å². The van der Waals surface area contributed by atoms with Gasteiger partial charge in [-0.1, -0.05) is 26.0 Å². The van der Waals surface area contributed by atoms with Gasteiger partial charge in [-0.25, -0.2) is 4.79 Å². The molecule has 0 radical (unpaired) electrons. The molecule has 0 spiro atoms. The summed E-state index contributed by atoms with van der Waals surface area (Å²) in [5.74, 6) is 0. The van der Waals surface area contributed by atoms with Crippen LogP contribution in [0, 0.1) is 0 Å². The van der Waals surface area contributed by atoms with Gasteiger partial charge in [-0.2, -0.15) is 0 Å². The van der Waals surface area contributed by atoms with E-state index < -0.39 is 0 Å². The average molecular weight is 309 g/mol. The Hall–Kier alpha value is -2.03. The molecule has 0 atom stereocenters. The first-order chi connectivity index (χ1) is 11.0. The standard InChI is InChI=1S/C20H23NO2/c1-4-6-13-11-14-12-16-17-15(18(14)23-19(13)22)7-5-9-21(17)10-8-20(16,2)3/h4,6,11-12H,5,7-10H2,1-3H3. The summed E-state index contributed by atoms with van der Waals surface area (Å²) in [4.78, 5) is 14.7. The molecule has 2 aliphatic heterocycles. The number of rotatable bonds is 1. The maximum atomic E-state index is 12.3. The molecule has 3 heteroatoms. The lowest BCUT2D eigenvalue weighted by atomic mass is 9.74. The van der Waals surface area contributed by atoms with E-state index >= 15 is 0 Å². The van der Waals surface area contributed by atoms with Crippen LogP contribution in [0.1, 0.15) is 50.3 Å². The highest BCUT2D eigenvalue weighted by atomic mass is 16.4. The van der Waals surface area contributed by atoms with Crippen molar-refractivity contribution in [3.63, 3.8) is 0 Å². The second-order valence-corrected chi connectivity index (χ2v) is 7.38. The van der Waals surface area contributed by atoms with E-state index in [1.807, 2.05) is 25.1 Å². The quantitative estimate of drug-likeness (QED) is 0.738. The molecule has 0 bridgehead atoms. The molecular formula is C20H23NO2. The van der Waals surface area contributed by atoms with Crippen molar-refractivity contribution in [1.29, 1.82) is 0 Å². The summed E-state index contributed by atoms with van der Waals surface area (Å²) in [7, 11) is 0. The molecule has 1 aromatic heterocycles. The van der Waals surface area contributed by atoms with Crippen molar-refractivity contribution in [3.8, 4) is 0 Å². The van der Waals surface area contributed by atoms with E-state index in [9.17, 15) is 4.79 Å². The number of allylic oxidation sites excluding steroid dienone is 1. The second-order valence-electron chi connectivity index (χ2n) is 7.38. The van der Waals surface area contributed by atoms with Crippen molar-refractivity contribution >= 4 is 22.7 Å². The van der Waals surface area contributed by atoms with Crippen LogP contribution in [0.2, 0.25) is 0 Å². The molecule has 4 rings (SSSR count). The predicted octanol–water partition coefficient (Wildman–Crippen LogP) is 4.26. The van der Waals surface area contributed by atoms with E-state index in [-0.39, 0.29) is 11.0 Å². The van der Waals surface area contributed by atoms with Crippen molar-refractivity contribution in [2.45, 2.75) is 45.4 Å². The third-order valence-corrected chi connectivity index (χ3v) is 5.37. The number of hydrogen-bond acceptors (Lipinski definition) is 3. The summed E-state index contributed by atoms with van der Waals surface area (Å²) in [5, 5.41) is 1.06. The van der Waals surface area contributed by atoms with Crippen molar-refractivity contribution in [2.24, 2.45) is 0 Å². The number of nitrogens with zero attached hydrogens (tertiary/aromatic N) is 1. The summed E-state index contributed by atoms with van der Waals surface area (Å²) in [5.41, 5.74) is 5.34. The molecule has 23 heavy (non-hydrogen) atoms. The van der Waals surface area contributed by atoms with Gasteiger partial charge in [0.15, 0.2) is 0 Å². The summed E-state index contributed by atoms with van der Waals surface area (Å²) >= 11 is 0. The summed E-state index contributed by atoms with van der Waals surface area (Å²) in [6.07, 6.45) is 7.01. The van der Waals surface area contributed by atoms with Crippen LogP contribution >= 0.6 is 0 Å². The van der Waals surface area contributed by atoms with E-state index in [0.717, 1.165) is 36.9 Å². The summed E-state index contributed by atoms with van der Waals surface area (Å²) in [6, 6.07) is 4.24. The van der Waals surface area contributed by atoms with Gasteiger partial charge in [-0.15, -0.1) is 0 Å². The minimum absolute atomic E-state index is 0.170. The SMILES string of the molecule is CC=Cc1cc2cc3c4c(c2oc1=O)CCCN4CCC3(C)C. The molecule has 3 nitrogen and oxygen atoms in total. The molecule has 0 saturated heterocycles. The van der Waals surface area contributed by atoms with Crippen LogP contribution < -0.4 is 10.5 Å². The Balaban J connectivity index is 2.09. The van der Waals surface area contributed by atoms with Crippen molar-refractivity contribution in [2.75, 3.05) is 18.0 Å². The second kappa shape index (κ2) is 4.98. The maximum Gasteiger partial charge on any atom is 0.343 e. The van der Waals surface area contributed by atoms with Gasteiger partial charge < -0.3 is 9.32 Å². The monoisotopic (exact) mass is 309 g/mol. The van der Waals surface area contributed by atoms with Gasteiger partial charge >= 0.3 is 5.63 Å². The number of fused-ring (bicyclic) bond motifs is 2. The van der Waals surface area contributed by atoms with Crippen LogP contribution in [0.15, 0.2) is 27.4 Å². The number of hydrogen-bond donors (Lipinski definition) is 0. The molecule has 0 aliphatic carbocycles. The third kappa shape index (κ3) is 2.13. The zero-order valence-corrected chi connectivity index (χ0v) is 14.1. The minimum Gasteiger partial charge on any atom is -0.422 e. The van der Waals surface area contributed by atoms with Crippen LogP contribution in [0.4, 0.5) is 5.69 Å². The first kappa shape index (κ1) is 14.6. The average Bonchev–Trinajstić information content (AvgIpc) is 2.52. The maximum absolute atomic E-state index is 12.3. The molecule has 0 fully saturated rings. The van der Waals surface area contributed by atoms with Gasteiger partial charge in [0.1, 0.15) is 5.58 Å². The van der Waals surface area contributed by atoms with Gasteiger partial charge in [0, 0.05) is 29.7 Å². The van der Waals surface area contributed by atoms with Gasteiger partial charge in [0.25, 0.3) is 0 Å². The third-order valence-electron chi connectivity index (χ3n) is 5.37. The van der Waals surface area contributed by atoms with Crippen LogP contribution in [0.5, 0.6) is 0 Å². The molecule has 120 valence electrons. The fourth-order valence-corrected chi connectivity index (χ4v) is 4.08. The number of benzene rings is 1. The molecule has 3 heterocycles. The van der Waals surface area contributed by atoms with Crippen molar-refractivity contribution in [3.05, 3.63) is 45.3 Å². The van der Waals surface area contributed by atoms with Crippen molar-refractivity contribution < 1.29 is 4.42 Å². The van der Waals surface area contributed by atoms with Gasteiger partial charge in [0.05, 0.1) is 5.56 Å². The van der Waals surface area contributed by atoms with Crippen LogP contribution in [0.25, 0.3) is 17.0 Å². The van der Waals surface area contributed by atoms with Crippen LogP contribution in [0.3, 0.4) is 0 Å². The fraction of sp³-hybridized carbons (Fsp3) is 0.450. The van der Waals surface area contributed by atoms with Crippen LogP contribution in [-0.2, 0) is 11.8 Å². The fourth-order valence-electron chi connectivity index (χ4n) is 4.08. The Morgan fingerprint density at radius 3 is 2.87 bits per heavy atom. The summed E-state index contributed by atoms with van der Waals surface area (Å²) in [6.45, 7) is 8.78. The zero-order chi connectivity index (χ0) is 16.2. The largest absolute Gasteiger partial charge is 0.422 e. The first-order valence-corrected chi connectivity index (χ1v) is 8.53. The smallest absolute Gasteiger partial charge is 0.343 e. The van der Waals surface area contributed by atoms with Crippen molar-refractivity contribution in [1.82, 2.24) is 0 Å². The summed E-state index contributed by atoms with van der Waals surface area (Å²) < 4.78 is 5.75. The number of aryl methyl sites for hydroxylation is 1. The minimum atomic E-state index is -0.237. The predicted molar refractivity (Wildman–Crippen MR) is 95.4 cm³/mol. The highest BCUT2D eigenvalue weighted by molar-refractivity contribution is 5.90. The Morgan fingerprint density at radius 2 is 2.09 bits per heavy atom.